The van der Waals surface area contributed by atoms with Gasteiger partial charge in [0.1, 0.15) is 5.69 Å². The van der Waals surface area contributed by atoms with E-state index in [1.807, 2.05) is 11.0 Å². The zero-order chi connectivity index (χ0) is 19.7. The third-order valence-corrected chi connectivity index (χ3v) is 6.33. The molecule has 0 bridgehead atoms. The number of piperazine rings is 1. The molecule has 1 atom stereocenters. The van der Waals surface area contributed by atoms with Gasteiger partial charge in [-0.1, -0.05) is 12.1 Å². The molecule has 0 aliphatic carbocycles. The van der Waals surface area contributed by atoms with E-state index in [0.717, 1.165) is 49.9 Å². The fourth-order valence-electron chi connectivity index (χ4n) is 4.49. The number of aliphatic hydroxyl groups is 1. The van der Waals surface area contributed by atoms with Crippen LogP contribution in [0.4, 0.5) is 0 Å². The van der Waals surface area contributed by atoms with E-state index >= 15 is 0 Å². The van der Waals surface area contributed by atoms with E-state index in [4.69, 9.17) is 0 Å². The fraction of sp³-hybridized carbons (Fsp3) is 0.591. The second-order valence-corrected chi connectivity index (χ2v) is 8.72. The van der Waals surface area contributed by atoms with Crippen LogP contribution in [0.5, 0.6) is 0 Å². The summed E-state index contributed by atoms with van der Waals surface area (Å²) < 4.78 is 0. The van der Waals surface area contributed by atoms with Gasteiger partial charge in [0.15, 0.2) is 0 Å². The smallest absolute Gasteiger partial charge is 0.270 e. The molecule has 1 aromatic heterocycles. The van der Waals surface area contributed by atoms with E-state index in [0.29, 0.717) is 31.7 Å². The van der Waals surface area contributed by atoms with Crippen molar-refractivity contribution in [3.63, 3.8) is 0 Å². The van der Waals surface area contributed by atoms with E-state index in [1.165, 1.54) is 5.56 Å². The van der Waals surface area contributed by atoms with Crippen molar-refractivity contribution in [3.05, 3.63) is 35.5 Å². The van der Waals surface area contributed by atoms with E-state index < -0.39 is 5.60 Å². The number of hydrogen-bond acceptors (Lipinski definition) is 4. The number of likely N-dealkylation sites (N-methyl/N-ethyl adjacent to an activating group) is 1. The van der Waals surface area contributed by atoms with Crippen molar-refractivity contribution in [2.24, 2.45) is 0 Å². The SMILES string of the molecule is Cc1ccc2cc(C(=O)N3CCCC(O)(CN4CCN(C)CC4)CC3)[nH]c2c1. The highest BCUT2D eigenvalue weighted by molar-refractivity contribution is 5.98. The molecule has 28 heavy (non-hydrogen) atoms. The number of aromatic amines is 1. The number of carbonyl (C=O) groups excluding carboxylic acids is 1. The minimum absolute atomic E-state index is 0.0395. The lowest BCUT2D eigenvalue weighted by molar-refractivity contribution is -0.0179. The van der Waals surface area contributed by atoms with Gasteiger partial charge < -0.3 is 19.9 Å². The second-order valence-electron chi connectivity index (χ2n) is 8.72. The maximum Gasteiger partial charge on any atom is 0.270 e. The van der Waals surface area contributed by atoms with Crippen LogP contribution >= 0.6 is 0 Å². The topological polar surface area (TPSA) is 62.8 Å². The molecule has 2 N–H and O–H groups in total. The number of benzene rings is 1. The molecule has 1 unspecified atom stereocenters. The molecule has 152 valence electrons. The molecule has 0 radical (unpaired) electrons. The first kappa shape index (κ1) is 19.4. The predicted octanol–water partition coefficient (Wildman–Crippen LogP) is 2.08. The molecular weight excluding hydrogens is 352 g/mol. The lowest BCUT2D eigenvalue weighted by Crippen LogP contribution is -2.51. The summed E-state index contributed by atoms with van der Waals surface area (Å²) in [5.74, 6) is 0.0395. The molecule has 2 saturated heterocycles. The van der Waals surface area contributed by atoms with Crippen molar-refractivity contribution >= 4 is 16.8 Å². The Morgan fingerprint density at radius 1 is 1.11 bits per heavy atom. The lowest BCUT2D eigenvalue weighted by Gasteiger charge is -2.38. The zero-order valence-electron chi connectivity index (χ0n) is 17.1. The summed E-state index contributed by atoms with van der Waals surface area (Å²) in [6.07, 6.45) is 2.24. The number of amides is 1. The minimum atomic E-state index is -0.692. The molecule has 2 aromatic rings. The molecule has 1 aromatic carbocycles. The number of nitrogens with zero attached hydrogens (tertiary/aromatic N) is 3. The van der Waals surface area contributed by atoms with Crippen LogP contribution in [0.25, 0.3) is 10.9 Å². The Kier molecular flexibility index (Phi) is 5.45. The van der Waals surface area contributed by atoms with Gasteiger partial charge in [-0.05, 0) is 50.9 Å². The van der Waals surface area contributed by atoms with Crippen LogP contribution in [0, 0.1) is 6.92 Å². The number of H-pyrrole nitrogens is 1. The largest absolute Gasteiger partial charge is 0.388 e. The molecule has 2 aliphatic heterocycles. The van der Waals surface area contributed by atoms with Gasteiger partial charge in [0.25, 0.3) is 5.91 Å². The van der Waals surface area contributed by atoms with E-state index in [2.05, 4.69) is 47.0 Å². The molecule has 6 heteroatoms. The van der Waals surface area contributed by atoms with Crippen molar-refractivity contribution in [1.29, 1.82) is 0 Å². The average molecular weight is 385 g/mol. The molecule has 2 fully saturated rings. The van der Waals surface area contributed by atoms with Crippen molar-refractivity contribution in [2.45, 2.75) is 31.8 Å². The van der Waals surface area contributed by atoms with Gasteiger partial charge in [-0.15, -0.1) is 0 Å². The molecule has 1 amide bonds. The number of aryl methyl sites for hydroxylation is 1. The summed E-state index contributed by atoms with van der Waals surface area (Å²) in [7, 11) is 2.15. The lowest BCUT2D eigenvalue weighted by atomic mass is 9.94. The first-order valence-corrected chi connectivity index (χ1v) is 10.4. The van der Waals surface area contributed by atoms with Crippen LogP contribution in [-0.2, 0) is 0 Å². The van der Waals surface area contributed by atoms with Gasteiger partial charge in [0.2, 0.25) is 0 Å². The number of β-amino-alcohol motifs (C(OH)–C–C–N with tert-alkyl or cyclic N) is 1. The quantitative estimate of drug-likeness (QED) is 0.851. The number of aromatic nitrogens is 1. The van der Waals surface area contributed by atoms with Gasteiger partial charge in [-0.2, -0.15) is 0 Å². The molecule has 2 aliphatic rings. The van der Waals surface area contributed by atoms with E-state index in [9.17, 15) is 9.90 Å². The normalized spacial score (nSPS) is 25.2. The Labute approximate surface area is 167 Å². The number of carbonyl (C=O) groups is 1. The maximum absolute atomic E-state index is 13.0. The van der Waals surface area contributed by atoms with Gasteiger partial charge in [-0.3, -0.25) is 9.69 Å². The Hall–Kier alpha value is -1.89. The van der Waals surface area contributed by atoms with Crippen LogP contribution < -0.4 is 0 Å². The standard InChI is InChI=1S/C22H32N4O2/c1-17-4-5-18-15-20(23-19(18)14-17)21(27)26-8-3-6-22(28,7-9-26)16-25-12-10-24(2)11-13-25/h4-5,14-15,23,28H,3,6-13,16H2,1-2H3. The Bertz CT molecular complexity index is 840. The van der Waals surface area contributed by atoms with Gasteiger partial charge >= 0.3 is 0 Å². The van der Waals surface area contributed by atoms with E-state index in [-0.39, 0.29) is 5.91 Å². The molecule has 6 nitrogen and oxygen atoms in total. The summed E-state index contributed by atoms with van der Waals surface area (Å²) in [6, 6.07) is 8.13. The Morgan fingerprint density at radius 2 is 1.89 bits per heavy atom. The van der Waals surface area contributed by atoms with Crippen molar-refractivity contribution in [2.75, 3.05) is 52.9 Å². The summed E-state index contributed by atoms with van der Waals surface area (Å²) in [5, 5.41) is 12.2. The first-order valence-electron chi connectivity index (χ1n) is 10.4. The minimum Gasteiger partial charge on any atom is -0.388 e. The summed E-state index contributed by atoms with van der Waals surface area (Å²) >= 11 is 0. The summed E-state index contributed by atoms with van der Waals surface area (Å²) in [4.78, 5) is 22.9. The third-order valence-electron chi connectivity index (χ3n) is 6.33. The molecule has 3 heterocycles. The van der Waals surface area contributed by atoms with Gasteiger partial charge in [-0.25, -0.2) is 0 Å². The number of fused-ring (bicyclic) bond motifs is 1. The Balaban J connectivity index is 1.40. The second kappa shape index (κ2) is 7.85. The Morgan fingerprint density at radius 3 is 2.68 bits per heavy atom. The molecule has 0 saturated carbocycles. The summed E-state index contributed by atoms with van der Waals surface area (Å²) in [5.41, 5.74) is 2.13. The highest BCUT2D eigenvalue weighted by atomic mass is 16.3. The van der Waals surface area contributed by atoms with Crippen LogP contribution in [0.3, 0.4) is 0 Å². The third kappa shape index (κ3) is 4.24. The molecular formula is C22H32N4O2. The predicted molar refractivity (Wildman–Crippen MR) is 112 cm³/mol. The monoisotopic (exact) mass is 384 g/mol. The van der Waals surface area contributed by atoms with Crippen molar-refractivity contribution in [3.8, 4) is 0 Å². The average Bonchev–Trinajstić information content (AvgIpc) is 2.99. The maximum atomic E-state index is 13.0. The number of likely N-dealkylation sites (tertiary alicyclic amines) is 1. The van der Waals surface area contributed by atoms with Gasteiger partial charge in [0.05, 0.1) is 5.60 Å². The number of nitrogens with one attached hydrogen (secondary N) is 1. The van der Waals surface area contributed by atoms with Crippen molar-refractivity contribution < 1.29 is 9.90 Å². The zero-order valence-corrected chi connectivity index (χ0v) is 17.1. The number of rotatable bonds is 3. The van der Waals surface area contributed by atoms with Crippen LogP contribution in [-0.4, -0.2) is 89.2 Å². The highest BCUT2D eigenvalue weighted by Crippen LogP contribution is 2.26. The van der Waals surface area contributed by atoms with Crippen LogP contribution in [0.15, 0.2) is 24.3 Å². The molecule has 4 rings (SSSR count). The van der Waals surface area contributed by atoms with Crippen LogP contribution in [0.1, 0.15) is 35.3 Å². The van der Waals surface area contributed by atoms with Gasteiger partial charge in [0, 0.05) is 56.7 Å². The molecule has 0 spiro atoms. The highest BCUT2D eigenvalue weighted by Gasteiger charge is 2.34. The first-order chi connectivity index (χ1) is 13.4. The van der Waals surface area contributed by atoms with E-state index in [1.54, 1.807) is 0 Å². The van der Waals surface area contributed by atoms with Crippen LogP contribution in [0.2, 0.25) is 0 Å². The fourth-order valence-corrected chi connectivity index (χ4v) is 4.49. The summed E-state index contributed by atoms with van der Waals surface area (Å²) in [6.45, 7) is 8.22. The van der Waals surface area contributed by atoms with Crippen molar-refractivity contribution in [1.82, 2.24) is 19.7 Å². The number of hydrogen-bond donors (Lipinski definition) is 2.